The molecular formula is C14H19N3. The normalized spacial score (nSPS) is 10.6. The van der Waals surface area contributed by atoms with Crippen molar-refractivity contribution in [2.75, 3.05) is 13.1 Å². The molecule has 0 radical (unpaired) electrons. The van der Waals surface area contributed by atoms with Crippen molar-refractivity contribution in [1.82, 2.24) is 15.3 Å². The number of aromatic nitrogens is 2. The van der Waals surface area contributed by atoms with Crippen LogP contribution in [0.1, 0.15) is 17.8 Å². The second kappa shape index (κ2) is 6.86. The van der Waals surface area contributed by atoms with Crippen LogP contribution in [0.25, 0.3) is 0 Å². The van der Waals surface area contributed by atoms with Gasteiger partial charge in [-0.2, -0.15) is 0 Å². The van der Waals surface area contributed by atoms with Gasteiger partial charge in [-0.25, -0.2) is 4.98 Å². The number of imidazole rings is 1. The van der Waals surface area contributed by atoms with Gasteiger partial charge in [-0.05, 0) is 31.5 Å². The summed E-state index contributed by atoms with van der Waals surface area (Å²) in [5, 5.41) is 3.45. The van der Waals surface area contributed by atoms with E-state index in [-0.39, 0.29) is 0 Å². The minimum atomic E-state index is 1.02. The first-order valence-electron chi connectivity index (χ1n) is 6.18. The lowest BCUT2D eigenvalue weighted by atomic mass is 10.1. The summed E-state index contributed by atoms with van der Waals surface area (Å²) in [7, 11) is 0. The van der Waals surface area contributed by atoms with Crippen molar-refractivity contribution in [1.29, 1.82) is 0 Å². The highest BCUT2D eigenvalue weighted by atomic mass is 14.9. The maximum Gasteiger partial charge on any atom is 0.106 e. The van der Waals surface area contributed by atoms with E-state index in [4.69, 9.17) is 0 Å². The Bertz CT molecular complexity index is 395. The lowest BCUT2D eigenvalue weighted by molar-refractivity contribution is 0.639. The summed E-state index contributed by atoms with van der Waals surface area (Å²) >= 11 is 0. The van der Waals surface area contributed by atoms with E-state index in [0.29, 0.717) is 0 Å². The molecule has 1 heterocycles. The van der Waals surface area contributed by atoms with Crippen LogP contribution in [-0.2, 0) is 12.8 Å². The van der Waals surface area contributed by atoms with E-state index >= 15 is 0 Å². The molecule has 0 amide bonds. The molecular weight excluding hydrogens is 210 g/mol. The van der Waals surface area contributed by atoms with Crippen molar-refractivity contribution in [3.63, 3.8) is 0 Å². The number of nitrogens with zero attached hydrogens (tertiary/aromatic N) is 1. The Labute approximate surface area is 102 Å². The average Bonchev–Trinajstić information content (AvgIpc) is 2.88. The Hall–Kier alpha value is -1.61. The molecule has 2 rings (SSSR count). The van der Waals surface area contributed by atoms with Crippen LogP contribution in [0.2, 0.25) is 0 Å². The monoisotopic (exact) mass is 229 g/mol. The van der Waals surface area contributed by atoms with Gasteiger partial charge >= 0.3 is 0 Å². The first-order valence-corrected chi connectivity index (χ1v) is 6.18. The minimum absolute atomic E-state index is 1.02. The lowest BCUT2D eigenvalue weighted by Crippen LogP contribution is -2.19. The molecule has 0 fully saturated rings. The first-order chi connectivity index (χ1) is 8.45. The lowest BCUT2D eigenvalue weighted by Gasteiger charge is -2.04. The van der Waals surface area contributed by atoms with Crippen molar-refractivity contribution in [2.45, 2.75) is 19.3 Å². The molecule has 0 atom stereocenters. The Morgan fingerprint density at radius 1 is 1.06 bits per heavy atom. The smallest absolute Gasteiger partial charge is 0.106 e. The first kappa shape index (κ1) is 11.9. The highest BCUT2D eigenvalue weighted by Crippen LogP contribution is 1.98. The maximum absolute atomic E-state index is 4.20. The summed E-state index contributed by atoms with van der Waals surface area (Å²) in [5.74, 6) is 1.08. The van der Waals surface area contributed by atoms with Gasteiger partial charge in [-0.15, -0.1) is 0 Å². The third-order valence-electron chi connectivity index (χ3n) is 2.76. The van der Waals surface area contributed by atoms with Crippen LogP contribution in [0.5, 0.6) is 0 Å². The molecule has 90 valence electrons. The van der Waals surface area contributed by atoms with Crippen LogP contribution < -0.4 is 5.32 Å². The fraction of sp³-hybridized carbons (Fsp3) is 0.357. The maximum atomic E-state index is 4.20. The molecule has 0 saturated carbocycles. The van der Waals surface area contributed by atoms with Crippen LogP contribution in [0.15, 0.2) is 42.7 Å². The molecule has 3 heteroatoms. The van der Waals surface area contributed by atoms with Gasteiger partial charge in [0.05, 0.1) is 0 Å². The molecule has 0 aliphatic carbocycles. The van der Waals surface area contributed by atoms with Gasteiger partial charge in [0.15, 0.2) is 0 Å². The quantitative estimate of drug-likeness (QED) is 0.714. The van der Waals surface area contributed by atoms with E-state index in [1.807, 2.05) is 6.20 Å². The van der Waals surface area contributed by atoms with Gasteiger partial charge in [-0.1, -0.05) is 30.3 Å². The van der Waals surface area contributed by atoms with E-state index in [1.54, 1.807) is 6.20 Å². The van der Waals surface area contributed by atoms with Gasteiger partial charge in [0.2, 0.25) is 0 Å². The van der Waals surface area contributed by atoms with Crippen LogP contribution in [0, 0.1) is 0 Å². The predicted octanol–water partition coefficient (Wildman–Crippen LogP) is 2.17. The predicted molar refractivity (Wildman–Crippen MR) is 69.9 cm³/mol. The van der Waals surface area contributed by atoms with Gasteiger partial charge in [0.25, 0.3) is 0 Å². The van der Waals surface area contributed by atoms with E-state index in [0.717, 1.165) is 38.2 Å². The summed E-state index contributed by atoms with van der Waals surface area (Å²) in [6.45, 7) is 2.09. The molecule has 0 spiro atoms. The highest BCUT2D eigenvalue weighted by molar-refractivity contribution is 5.14. The van der Waals surface area contributed by atoms with Crippen molar-refractivity contribution < 1.29 is 0 Å². The molecule has 0 bridgehead atoms. The van der Waals surface area contributed by atoms with Gasteiger partial charge in [-0.3, -0.25) is 0 Å². The third-order valence-corrected chi connectivity index (χ3v) is 2.76. The number of H-pyrrole nitrogens is 1. The van der Waals surface area contributed by atoms with Crippen LogP contribution >= 0.6 is 0 Å². The number of hydrogen-bond acceptors (Lipinski definition) is 2. The molecule has 17 heavy (non-hydrogen) atoms. The second-order valence-electron chi connectivity index (χ2n) is 4.13. The van der Waals surface area contributed by atoms with Crippen molar-refractivity contribution >= 4 is 0 Å². The summed E-state index contributed by atoms with van der Waals surface area (Å²) in [6, 6.07) is 10.6. The van der Waals surface area contributed by atoms with Gasteiger partial charge in [0.1, 0.15) is 5.82 Å². The SMILES string of the molecule is c1ccc(CCNCCCc2ncc[nH]2)cc1. The third kappa shape index (κ3) is 4.41. The number of benzene rings is 1. The summed E-state index contributed by atoms with van der Waals surface area (Å²) in [5.41, 5.74) is 1.39. The molecule has 3 nitrogen and oxygen atoms in total. The minimum Gasteiger partial charge on any atom is -0.349 e. The average molecular weight is 229 g/mol. The second-order valence-corrected chi connectivity index (χ2v) is 4.13. The zero-order valence-corrected chi connectivity index (χ0v) is 10.0. The van der Waals surface area contributed by atoms with Crippen molar-refractivity contribution in [3.05, 3.63) is 54.1 Å². The molecule has 0 unspecified atom stereocenters. The highest BCUT2D eigenvalue weighted by Gasteiger charge is 1.95. The number of aromatic amines is 1. The Morgan fingerprint density at radius 3 is 2.71 bits per heavy atom. The van der Waals surface area contributed by atoms with E-state index in [9.17, 15) is 0 Å². The Morgan fingerprint density at radius 2 is 1.94 bits per heavy atom. The van der Waals surface area contributed by atoms with Gasteiger partial charge in [0, 0.05) is 18.8 Å². The molecule has 2 aromatic rings. The standard InChI is InChI=1S/C14H19N3/c1-2-5-13(6-3-1)8-10-15-9-4-7-14-16-11-12-17-14/h1-3,5-6,11-12,15H,4,7-10H2,(H,16,17). The number of hydrogen-bond donors (Lipinski definition) is 2. The topological polar surface area (TPSA) is 40.7 Å². The van der Waals surface area contributed by atoms with Crippen molar-refractivity contribution in [2.24, 2.45) is 0 Å². The molecule has 0 saturated heterocycles. The van der Waals surface area contributed by atoms with Crippen molar-refractivity contribution in [3.8, 4) is 0 Å². The molecule has 1 aromatic carbocycles. The largest absolute Gasteiger partial charge is 0.349 e. The van der Waals surface area contributed by atoms with Crippen LogP contribution in [0.4, 0.5) is 0 Å². The van der Waals surface area contributed by atoms with Crippen LogP contribution in [0.3, 0.4) is 0 Å². The molecule has 1 aromatic heterocycles. The Balaban J connectivity index is 1.52. The zero-order chi connectivity index (χ0) is 11.8. The number of aryl methyl sites for hydroxylation is 1. The number of rotatable bonds is 7. The zero-order valence-electron chi connectivity index (χ0n) is 10.0. The summed E-state index contributed by atoms with van der Waals surface area (Å²) in [6.07, 6.45) is 6.92. The van der Waals surface area contributed by atoms with Gasteiger partial charge < -0.3 is 10.3 Å². The van der Waals surface area contributed by atoms with E-state index in [1.165, 1.54) is 5.56 Å². The molecule has 0 aliphatic heterocycles. The summed E-state index contributed by atoms with van der Waals surface area (Å²) < 4.78 is 0. The van der Waals surface area contributed by atoms with E-state index < -0.39 is 0 Å². The molecule has 0 aliphatic rings. The van der Waals surface area contributed by atoms with Crippen LogP contribution in [-0.4, -0.2) is 23.1 Å². The number of nitrogens with one attached hydrogen (secondary N) is 2. The fourth-order valence-electron chi connectivity index (χ4n) is 1.82. The fourth-order valence-corrected chi connectivity index (χ4v) is 1.82. The summed E-state index contributed by atoms with van der Waals surface area (Å²) in [4.78, 5) is 7.31. The molecule has 2 N–H and O–H groups in total. The van der Waals surface area contributed by atoms with E-state index in [2.05, 4.69) is 45.6 Å². The Kier molecular flexibility index (Phi) is 4.79.